The van der Waals surface area contributed by atoms with Crippen LogP contribution in [0, 0.1) is 0 Å². The lowest BCUT2D eigenvalue weighted by atomic mass is 10.2. The summed E-state index contributed by atoms with van der Waals surface area (Å²) in [6.45, 7) is 7.20. The van der Waals surface area contributed by atoms with Gasteiger partial charge in [-0.3, -0.25) is 9.78 Å². The molecule has 0 aliphatic heterocycles. The van der Waals surface area contributed by atoms with E-state index in [1.165, 1.54) is 5.56 Å². The molecule has 1 aromatic heterocycles. The standard InChI is InChI=1S/C14H20N2OS/c1-3-11-18-12-14(17)16(4-2)10-7-13-5-8-15-9-6-13/h3,5-6,8-9H,1,4,7,10-12H2,2H3. The molecule has 0 spiro atoms. The normalized spacial score (nSPS) is 10.1. The van der Waals surface area contributed by atoms with E-state index < -0.39 is 0 Å². The summed E-state index contributed by atoms with van der Waals surface area (Å²) in [6, 6.07) is 3.98. The van der Waals surface area contributed by atoms with Crippen molar-refractivity contribution in [1.82, 2.24) is 9.88 Å². The molecule has 98 valence electrons. The third-order valence-corrected chi connectivity index (χ3v) is 3.54. The van der Waals surface area contributed by atoms with Crippen LogP contribution in [0.3, 0.4) is 0 Å². The summed E-state index contributed by atoms with van der Waals surface area (Å²) < 4.78 is 0. The quantitative estimate of drug-likeness (QED) is 0.534. The lowest BCUT2D eigenvalue weighted by Gasteiger charge is -2.20. The molecule has 0 saturated carbocycles. The Hall–Kier alpha value is -1.29. The maximum Gasteiger partial charge on any atom is 0.232 e. The monoisotopic (exact) mass is 264 g/mol. The molecule has 0 fully saturated rings. The highest BCUT2D eigenvalue weighted by Gasteiger charge is 2.10. The number of nitrogens with zero attached hydrogens (tertiary/aromatic N) is 2. The van der Waals surface area contributed by atoms with E-state index in [0.717, 1.165) is 25.3 Å². The molecule has 4 heteroatoms. The van der Waals surface area contributed by atoms with E-state index in [9.17, 15) is 4.79 Å². The summed E-state index contributed by atoms with van der Waals surface area (Å²) in [5.41, 5.74) is 1.22. The van der Waals surface area contributed by atoms with Gasteiger partial charge < -0.3 is 4.90 Å². The van der Waals surface area contributed by atoms with Crippen LogP contribution in [0.5, 0.6) is 0 Å². The zero-order valence-electron chi connectivity index (χ0n) is 10.8. The van der Waals surface area contributed by atoms with Crippen LogP contribution < -0.4 is 0 Å². The third-order valence-electron chi connectivity index (χ3n) is 2.62. The van der Waals surface area contributed by atoms with E-state index in [-0.39, 0.29) is 5.91 Å². The number of pyridine rings is 1. The van der Waals surface area contributed by atoms with Gasteiger partial charge in [0.05, 0.1) is 5.75 Å². The van der Waals surface area contributed by atoms with Gasteiger partial charge in [-0.1, -0.05) is 6.08 Å². The summed E-state index contributed by atoms with van der Waals surface area (Å²) in [5.74, 6) is 1.57. The van der Waals surface area contributed by atoms with Gasteiger partial charge in [0.2, 0.25) is 5.91 Å². The summed E-state index contributed by atoms with van der Waals surface area (Å²) in [4.78, 5) is 17.8. The average molecular weight is 264 g/mol. The van der Waals surface area contributed by atoms with Crippen LogP contribution in [-0.2, 0) is 11.2 Å². The first-order chi connectivity index (χ1) is 8.77. The number of carbonyl (C=O) groups excluding carboxylic acids is 1. The van der Waals surface area contributed by atoms with E-state index in [1.54, 1.807) is 24.2 Å². The van der Waals surface area contributed by atoms with E-state index >= 15 is 0 Å². The van der Waals surface area contributed by atoms with Crippen LogP contribution in [0.15, 0.2) is 37.2 Å². The predicted octanol–water partition coefficient (Wildman–Crippen LogP) is 2.39. The molecule has 1 rings (SSSR count). The third kappa shape index (κ3) is 5.36. The molecule has 0 atom stereocenters. The fourth-order valence-electron chi connectivity index (χ4n) is 1.59. The molecule has 0 unspecified atom stereocenters. The van der Waals surface area contributed by atoms with Crippen molar-refractivity contribution < 1.29 is 4.79 Å². The van der Waals surface area contributed by atoms with Crippen LogP contribution >= 0.6 is 11.8 Å². The van der Waals surface area contributed by atoms with Gasteiger partial charge in [0.15, 0.2) is 0 Å². The molecule has 1 amide bonds. The maximum absolute atomic E-state index is 11.9. The van der Waals surface area contributed by atoms with Crippen molar-refractivity contribution in [3.63, 3.8) is 0 Å². The van der Waals surface area contributed by atoms with Crippen LogP contribution in [0.2, 0.25) is 0 Å². The summed E-state index contributed by atoms with van der Waals surface area (Å²) in [7, 11) is 0. The van der Waals surface area contributed by atoms with Crippen molar-refractivity contribution in [3.05, 3.63) is 42.7 Å². The predicted molar refractivity (Wildman–Crippen MR) is 77.7 cm³/mol. The molecular weight excluding hydrogens is 244 g/mol. The second kappa shape index (κ2) is 8.75. The largest absolute Gasteiger partial charge is 0.342 e. The molecule has 1 aromatic rings. The van der Waals surface area contributed by atoms with Crippen molar-refractivity contribution in [2.24, 2.45) is 0 Å². The van der Waals surface area contributed by atoms with E-state index in [4.69, 9.17) is 0 Å². The minimum absolute atomic E-state index is 0.207. The Balaban J connectivity index is 2.37. The number of thioether (sulfide) groups is 1. The number of carbonyl (C=O) groups is 1. The van der Waals surface area contributed by atoms with Gasteiger partial charge in [-0.2, -0.15) is 0 Å². The molecule has 1 heterocycles. The Morgan fingerprint density at radius 1 is 1.50 bits per heavy atom. The Kier molecular flexibility index (Phi) is 7.18. The minimum Gasteiger partial charge on any atom is -0.342 e. The van der Waals surface area contributed by atoms with Crippen molar-refractivity contribution in [1.29, 1.82) is 0 Å². The lowest BCUT2D eigenvalue weighted by Crippen LogP contribution is -2.34. The SMILES string of the molecule is C=CCSCC(=O)N(CC)CCc1ccncc1. The summed E-state index contributed by atoms with van der Waals surface area (Å²) in [6.07, 6.45) is 6.28. The first-order valence-corrected chi connectivity index (χ1v) is 7.28. The fraction of sp³-hybridized carbons (Fsp3) is 0.429. The molecule has 0 bridgehead atoms. The van der Waals surface area contributed by atoms with Gasteiger partial charge in [0.25, 0.3) is 0 Å². The molecule has 18 heavy (non-hydrogen) atoms. The summed E-state index contributed by atoms with van der Waals surface area (Å²) >= 11 is 1.61. The van der Waals surface area contributed by atoms with Crippen molar-refractivity contribution >= 4 is 17.7 Å². The van der Waals surface area contributed by atoms with Crippen molar-refractivity contribution in [2.45, 2.75) is 13.3 Å². The van der Waals surface area contributed by atoms with Crippen LogP contribution in [0.4, 0.5) is 0 Å². The first-order valence-electron chi connectivity index (χ1n) is 6.13. The highest BCUT2D eigenvalue weighted by Crippen LogP contribution is 2.05. The van der Waals surface area contributed by atoms with Gasteiger partial charge in [-0.15, -0.1) is 18.3 Å². The Bertz CT molecular complexity index is 367. The zero-order chi connectivity index (χ0) is 13.2. The molecule has 0 aliphatic carbocycles. The molecule has 0 radical (unpaired) electrons. The van der Waals surface area contributed by atoms with Crippen molar-refractivity contribution in [2.75, 3.05) is 24.6 Å². The number of rotatable bonds is 8. The van der Waals surface area contributed by atoms with Crippen LogP contribution in [0.25, 0.3) is 0 Å². The number of hydrogen-bond donors (Lipinski definition) is 0. The molecular formula is C14H20N2OS. The lowest BCUT2D eigenvalue weighted by molar-refractivity contribution is -0.128. The Labute approximate surface area is 113 Å². The van der Waals surface area contributed by atoms with Crippen LogP contribution in [-0.4, -0.2) is 40.4 Å². The second-order valence-corrected chi connectivity index (χ2v) is 4.91. The fourth-order valence-corrected chi connectivity index (χ4v) is 2.24. The molecule has 0 saturated heterocycles. The van der Waals surface area contributed by atoms with Crippen molar-refractivity contribution in [3.8, 4) is 0 Å². The Morgan fingerprint density at radius 3 is 2.83 bits per heavy atom. The van der Waals surface area contributed by atoms with Gasteiger partial charge in [-0.05, 0) is 31.0 Å². The minimum atomic E-state index is 0.207. The molecule has 0 aliphatic rings. The smallest absolute Gasteiger partial charge is 0.232 e. The number of hydrogen-bond acceptors (Lipinski definition) is 3. The highest BCUT2D eigenvalue weighted by atomic mass is 32.2. The molecule has 0 N–H and O–H groups in total. The van der Waals surface area contributed by atoms with E-state index in [0.29, 0.717) is 5.75 Å². The topological polar surface area (TPSA) is 33.2 Å². The van der Waals surface area contributed by atoms with Crippen LogP contribution in [0.1, 0.15) is 12.5 Å². The van der Waals surface area contributed by atoms with E-state index in [2.05, 4.69) is 11.6 Å². The second-order valence-electron chi connectivity index (χ2n) is 3.88. The highest BCUT2D eigenvalue weighted by molar-refractivity contribution is 8.00. The zero-order valence-corrected chi connectivity index (χ0v) is 11.7. The van der Waals surface area contributed by atoms with Gasteiger partial charge in [0.1, 0.15) is 0 Å². The molecule has 3 nitrogen and oxygen atoms in total. The molecule has 0 aromatic carbocycles. The first kappa shape index (κ1) is 14.8. The number of likely N-dealkylation sites (N-methyl/N-ethyl adjacent to an activating group) is 1. The number of amides is 1. The Morgan fingerprint density at radius 2 is 2.22 bits per heavy atom. The van der Waals surface area contributed by atoms with Gasteiger partial charge >= 0.3 is 0 Å². The van der Waals surface area contributed by atoms with Gasteiger partial charge in [0, 0.05) is 31.2 Å². The van der Waals surface area contributed by atoms with E-state index in [1.807, 2.05) is 30.0 Å². The average Bonchev–Trinajstić information content (AvgIpc) is 2.41. The maximum atomic E-state index is 11.9. The summed E-state index contributed by atoms with van der Waals surface area (Å²) in [5, 5.41) is 0. The van der Waals surface area contributed by atoms with Gasteiger partial charge in [-0.25, -0.2) is 0 Å². The number of aromatic nitrogens is 1.